The zero-order valence-corrected chi connectivity index (χ0v) is 29.1. The summed E-state index contributed by atoms with van der Waals surface area (Å²) in [6.07, 6.45) is 0. The summed E-state index contributed by atoms with van der Waals surface area (Å²) in [6.45, 7) is 0. The van der Waals surface area contributed by atoms with Crippen LogP contribution in [0.1, 0.15) is 0 Å². The summed E-state index contributed by atoms with van der Waals surface area (Å²) in [5, 5.41) is 7.31. The monoisotopic (exact) mass is 689 g/mol. The Hall–Kier alpha value is -7.37. The first-order valence-electron chi connectivity index (χ1n) is 18.2. The molecule has 252 valence electrons. The summed E-state index contributed by atoms with van der Waals surface area (Å²) in [5.41, 5.74) is 9.72. The third-order valence-corrected chi connectivity index (χ3v) is 10.5. The van der Waals surface area contributed by atoms with Gasteiger partial charge in [-0.15, -0.1) is 0 Å². The number of aromatic nitrogens is 5. The average Bonchev–Trinajstić information content (AvgIpc) is 3.78. The van der Waals surface area contributed by atoms with E-state index in [1.807, 2.05) is 60.7 Å². The molecule has 11 rings (SSSR count). The minimum Gasteiger partial charge on any atom is -0.309 e. The molecular formula is C49H31N5. The molecule has 0 unspecified atom stereocenters. The van der Waals surface area contributed by atoms with Crippen molar-refractivity contribution in [1.29, 1.82) is 0 Å². The molecule has 3 aromatic heterocycles. The molecular weight excluding hydrogens is 659 g/mol. The van der Waals surface area contributed by atoms with Gasteiger partial charge in [-0.05, 0) is 36.4 Å². The highest BCUT2D eigenvalue weighted by molar-refractivity contribution is 6.26. The van der Waals surface area contributed by atoms with Crippen LogP contribution in [-0.2, 0) is 0 Å². The van der Waals surface area contributed by atoms with E-state index < -0.39 is 0 Å². The van der Waals surface area contributed by atoms with Gasteiger partial charge in [-0.2, -0.15) is 0 Å². The van der Waals surface area contributed by atoms with Gasteiger partial charge in [0.1, 0.15) is 0 Å². The van der Waals surface area contributed by atoms with Crippen LogP contribution in [0, 0.1) is 0 Å². The van der Waals surface area contributed by atoms with Crippen molar-refractivity contribution in [2.75, 3.05) is 0 Å². The van der Waals surface area contributed by atoms with E-state index in [0.29, 0.717) is 17.5 Å². The second-order valence-electron chi connectivity index (χ2n) is 13.6. The molecule has 0 bridgehead atoms. The summed E-state index contributed by atoms with van der Waals surface area (Å²) < 4.78 is 4.83. The molecule has 11 aromatic rings. The topological polar surface area (TPSA) is 48.5 Å². The molecule has 0 aliphatic heterocycles. The average molecular weight is 690 g/mol. The van der Waals surface area contributed by atoms with E-state index in [-0.39, 0.29) is 0 Å². The van der Waals surface area contributed by atoms with E-state index in [4.69, 9.17) is 15.0 Å². The third kappa shape index (κ3) is 4.69. The number of nitrogens with zero attached hydrogens (tertiary/aromatic N) is 5. The highest BCUT2D eigenvalue weighted by Gasteiger charge is 2.20. The zero-order chi connectivity index (χ0) is 35.6. The van der Waals surface area contributed by atoms with Gasteiger partial charge >= 0.3 is 0 Å². The van der Waals surface area contributed by atoms with Gasteiger partial charge in [-0.3, -0.25) is 0 Å². The van der Waals surface area contributed by atoms with Gasteiger partial charge in [0.2, 0.25) is 0 Å². The van der Waals surface area contributed by atoms with Gasteiger partial charge in [0, 0.05) is 60.4 Å². The van der Waals surface area contributed by atoms with Crippen molar-refractivity contribution in [3.63, 3.8) is 0 Å². The van der Waals surface area contributed by atoms with Crippen molar-refractivity contribution in [3.05, 3.63) is 188 Å². The third-order valence-electron chi connectivity index (χ3n) is 10.5. The predicted molar refractivity (Wildman–Crippen MR) is 222 cm³/mol. The SMILES string of the molecule is c1ccc(-c2nc(-c3ccccc3)nc(-c3cccc(-n4c5ccccc5c5ccc6c(ccc7c8ccccc8n(-c8ccccc8)c76)c54)c3)n2)cc1. The molecule has 54 heavy (non-hydrogen) atoms. The molecule has 0 saturated heterocycles. The molecule has 0 aliphatic carbocycles. The molecule has 0 fully saturated rings. The Morgan fingerprint density at radius 3 is 1.17 bits per heavy atom. The van der Waals surface area contributed by atoms with E-state index in [0.717, 1.165) is 33.6 Å². The number of rotatable bonds is 5. The lowest BCUT2D eigenvalue weighted by Gasteiger charge is -2.14. The number of hydrogen-bond acceptors (Lipinski definition) is 3. The van der Waals surface area contributed by atoms with E-state index in [1.54, 1.807) is 0 Å². The molecule has 3 heterocycles. The molecule has 0 N–H and O–H groups in total. The Balaban J connectivity index is 1.18. The summed E-state index contributed by atoms with van der Waals surface area (Å²) in [6, 6.07) is 66.2. The molecule has 8 aromatic carbocycles. The zero-order valence-electron chi connectivity index (χ0n) is 29.1. The molecule has 5 nitrogen and oxygen atoms in total. The smallest absolute Gasteiger partial charge is 0.164 e. The number of hydrogen-bond donors (Lipinski definition) is 0. The van der Waals surface area contributed by atoms with Gasteiger partial charge in [0.15, 0.2) is 17.5 Å². The number of fused-ring (bicyclic) bond motifs is 9. The summed E-state index contributed by atoms with van der Waals surface area (Å²) in [7, 11) is 0. The molecule has 0 amide bonds. The Morgan fingerprint density at radius 1 is 0.278 bits per heavy atom. The van der Waals surface area contributed by atoms with Crippen molar-refractivity contribution in [1.82, 2.24) is 24.1 Å². The van der Waals surface area contributed by atoms with E-state index in [2.05, 4.69) is 137 Å². The van der Waals surface area contributed by atoms with Crippen molar-refractivity contribution in [3.8, 4) is 45.5 Å². The van der Waals surface area contributed by atoms with Gasteiger partial charge in [-0.25, -0.2) is 15.0 Å². The lowest BCUT2D eigenvalue weighted by Crippen LogP contribution is -2.01. The fraction of sp³-hybridized carbons (Fsp3) is 0. The number of para-hydroxylation sites is 3. The predicted octanol–water partition coefficient (Wildman–Crippen LogP) is 12.2. The second-order valence-corrected chi connectivity index (χ2v) is 13.6. The molecule has 0 spiro atoms. The Kier molecular flexibility index (Phi) is 6.79. The van der Waals surface area contributed by atoms with E-state index >= 15 is 0 Å². The van der Waals surface area contributed by atoms with Crippen LogP contribution in [0.25, 0.3) is 99.9 Å². The first kappa shape index (κ1) is 30.3. The first-order valence-corrected chi connectivity index (χ1v) is 18.2. The van der Waals surface area contributed by atoms with E-state index in [9.17, 15) is 0 Å². The first-order chi connectivity index (χ1) is 26.8. The lowest BCUT2D eigenvalue weighted by atomic mass is 10.0. The summed E-state index contributed by atoms with van der Waals surface area (Å²) in [4.78, 5) is 15.0. The maximum Gasteiger partial charge on any atom is 0.164 e. The molecule has 0 atom stereocenters. The van der Waals surface area contributed by atoms with Crippen molar-refractivity contribution < 1.29 is 0 Å². The molecule has 0 saturated carbocycles. The van der Waals surface area contributed by atoms with Crippen LogP contribution in [-0.4, -0.2) is 24.1 Å². The molecule has 0 radical (unpaired) electrons. The van der Waals surface area contributed by atoms with Crippen LogP contribution >= 0.6 is 0 Å². The van der Waals surface area contributed by atoms with Gasteiger partial charge in [0.05, 0.1) is 22.1 Å². The van der Waals surface area contributed by atoms with Crippen LogP contribution in [0.3, 0.4) is 0 Å². The fourth-order valence-corrected chi connectivity index (χ4v) is 8.16. The van der Waals surface area contributed by atoms with Gasteiger partial charge in [-0.1, -0.05) is 152 Å². The minimum absolute atomic E-state index is 0.629. The maximum absolute atomic E-state index is 5.06. The van der Waals surface area contributed by atoms with Gasteiger partial charge in [0.25, 0.3) is 0 Å². The van der Waals surface area contributed by atoms with Crippen LogP contribution in [0.2, 0.25) is 0 Å². The summed E-state index contributed by atoms with van der Waals surface area (Å²) >= 11 is 0. The lowest BCUT2D eigenvalue weighted by molar-refractivity contribution is 1.07. The normalized spacial score (nSPS) is 11.7. The van der Waals surface area contributed by atoms with E-state index in [1.165, 1.54) is 48.9 Å². The highest BCUT2D eigenvalue weighted by atomic mass is 15.0. The number of benzene rings is 8. The maximum atomic E-state index is 5.06. The van der Waals surface area contributed by atoms with Crippen LogP contribution in [0.15, 0.2) is 188 Å². The second kappa shape index (κ2) is 12.1. The fourth-order valence-electron chi connectivity index (χ4n) is 8.16. The van der Waals surface area contributed by atoms with Crippen LogP contribution in [0.4, 0.5) is 0 Å². The minimum atomic E-state index is 0.629. The van der Waals surface area contributed by atoms with Crippen LogP contribution in [0.5, 0.6) is 0 Å². The standard InChI is InChI=1S/C49H31N5/c1-4-15-32(16-5-1)47-50-48(33-17-6-2-7-18-33)52-49(51-47)34-19-14-22-36(31-34)54-44-26-13-11-24-38(44)40-28-29-41-42(46(40)54)30-27-39-37-23-10-12-25-43(37)53(45(39)41)35-20-8-3-9-21-35/h1-31H. The van der Waals surface area contributed by atoms with Crippen molar-refractivity contribution >= 4 is 54.4 Å². The highest BCUT2D eigenvalue weighted by Crippen LogP contribution is 2.42. The Bertz CT molecular complexity index is 3140. The molecule has 0 aliphatic rings. The quantitative estimate of drug-likeness (QED) is 0.181. The molecule has 5 heteroatoms. The largest absolute Gasteiger partial charge is 0.309 e. The summed E-state index contributed by atoms with van der Waals surface area (Å²) in [5.74, 6) is 1.92. The van der Waals surface area contributed by atoms with Crippen molar-refractivity contribution in [2.24, 2.45) is 0 Å². The Morgan fingerprint density at radius 2 is 0.648 bits per heavy atom. The Labute approximate surface area is 311 Å². The van der Waals surface area contributed by atoms with Crippen molar-refractivity contribution in [2.45, 2.75) is 0 Å². The van der Waals surface area contributed by atoms with Gasteiger partial charge < -0.3 is 9.13 Å². The van der Waals surface area contributed by atoms with Crippen LogP contribution < -0.4 is 0 Å².